The van der Waals surface area contributed by atoms with Crippen molar-refractivity contribution in [2.24, 2.45) is 0 Å². The van der Waals surface area contributed by atoms with E-state index in [1.54, 1.807) is 0 Å². The first-order chi connectivity index (χ1) is 10.3. The predicted octanol–water partition coefficient (Wildman–Crippen LogP) is 2.31. The molecule has 1 fully saturated rings. The molecule has 3 heterocycles. The lowest BCUT2D eigenvalue weighted by molar-refractivity contribution is 0.0790. The monoisotopic (exact) mass is 300 g/mol. The maximum absolute atomic E-state index is 12.5. The molecule has 0 saturated carbocycles. The Morgan fingerprint density at radius 2 is 2.29 bits per heavy atom. The van der Waals surface area contributed by atoms with Gasteiger partial charge in [0.25, 0.3) is 5.91 Å². The van der Waals surface area contributed by atoms with Gasteiger partial charge >= 0.3 is 0 Å². The Morgan fingerprint density at radius 1 is 1.38 bits per heavy atom. The van der Waals surface area contributed by atoms with Gasteiger partial charge in [0.2, 0.25) is 6.39 Å². The zero-order chi connectivity index (χ0) is 14.2. The van der Waals surface area contributed by atoms with Gasteiger partial charge in [-0.2, -0.15) is 4.98 Å². The molecule has 6 nitrogen and oxygen atoms in total. The first-order valence-electron chi connectivity index (χ1n) is 6.72. The molecule has 1 unspecified atom stereocenters. The number of nitrogens with zero attached hydrogens (tertiary/aromatic N) is 4. The van der Waals surface area contributed by atoms with Crippen molar-refractivity contribution in [3.63, 3.8) is 0 Å². The average molecular weight is 300 g/mol. The van der Waals surface area contributed by atoms with Gasteiger partial charge in [0.1, 0.15) is 0 Å². The van der Waals surface area contributed by atoms with Gasteiger partial charge in [0, 0.05) is 19.0 Å². The van der Waals surface area contributed by atoms with Crippen LogP contribution < -0.4 is 0 Å². The van der Waals surface area contributed by atoms with Crippen molar-refractivity contribution in [2.45, 2.75) is 12.3 Å². The molecule has 1 aliphatic heterocycles. The van der Waals surface area contributed by atoms with Gasteiger partial charge in [0.15, 0.2) is 10.8 Å². The van der Waals surface area contributed by atoms with Crippen LogP contribution in [0.5, 0.6) is 0 Å². The number of rotatable bonds is 2. The van der Waals surface area contributed by atoms with Crippen LogP contribution in [-0.2, 0) is 0 Å². The quantitative estimate of drug-likeness (QED) is 0.726. The third-order valence-corrected chi connectivity index (χ3v) is 4.72. The summed E-state index contributed by atoms with van der Waals surface area (Å²) in [5.41, 5.74) is 0.875. The Kier molecular flexibility index (Phi) is 2.92. The predicted molar refractivity (Wildman–Crippen MR) is 77.2 cm³/mol. The number of aromatic nitrogens is 3. The van der Waals surface area contributed by atoms with E-state index in [1.165, 1.54) is 17.7 Å². The highest BCUT2D eigenvalue weighted by atomic mass is 32.1. The van der Waals surface area contributed by atoms with Crippen LogP contribution in [0, 0.1) is 0 Å². The van der Waals surface area contributed by atoms with Crippen molar-refractivity contribution in [1.29, 1.82) is 0 Å². The van der Waals surface area contributed by atoms with Gasteiger partial charge in [-0.15, -0.1) is 11.3 Å². The Balaban J connectivity index is 1.55. The van der Waals surface area contributed by atoms with Gasteiger partial charge < -0.3 is 9.42 Å². The number of fused-ring (bicyclic) bond motifs is 1. The number of hydrogen-bond acceptors (Lipinski definition) is 6. The topological polar surface area (TPSA) is 72.1 Å². The number of benzene rings is 1. The van der Waals surface area contributed by atoms with Crippen molar-refractivity contribution in [3.05, 3.63) is 41.5 Å². The molecular formula is C14H12N4O2S. The van der Waals surface area contributed by atoms with Gasteiger partial charge in [-0.25, -0.2) is 4.98 Å². The van der Waals surface area contributed by atoms with E-state index >= 15 is 0 Å². The summed E-state index contributed by atoms with van der Waals surface area (Å²) in [6.07, 6.45) is 2.18. The minimum absolute atomic E-state index is 0.0119. The van der Waals surface area contributed by atoms with Crippen LogP contribution in [0.4, 0.5) is 0 Å². The van der Waals surface area contributed by atoms with E-state index in [-0.39, 0.29) is 11.8 Å². The van der Waals surface area contributed by atoms with Gasteiger partial charge in [-0.05, 0) is 18.6 Å². The molecule has 1 atom stereocenters. The molecule has 0 aliphatic carbocycles. The summed E-state index contributed by atoms with van der Waals surface area (Å²) in [5, 5.41) is 4.41. The van der Waals surface area contributed by atoms with Crippen molar-refractivity contribution >= 4 is 27.5 Å². The third kappa shape index (κ3) is 2.19. The van der Waals surface area contributed by atoms with Crippen LogP contribution in [0.1, 0.15) is 28.0 Å². The Bertz CT molecular complexity index is 750. The number of carbonyl (C=O) groups excluding carboxylic acids is 1. The highest BCUT2D eigenvalue weighted by molar-refractivity contribution is 7.20. The van der Waals surface area contributed by atoms with E-state index in [4.69, 9.17) is 4.52 Å². The molecule has 0 N–H and O–H groups in total. The molecule has 0 spiro atoms. The van der Waals surface area contributed by atoms with E-state index in [9.17, 15) is 4.79 Å². The van der Waals surface area contributed by atoms with Crippen LogP contribution in [0.3, 0.4) is 0 Å². The molecule has 1 aromatic carbocycles. The summed E-state index contributed by atoms with van der Waals surface area (Å²) >= 11 is 1.44. The van der Waals surface area contributed by atoms with Gasteiger partial charge in [-0.3, -0.25) is 4.79 Å². The average Bonchev–Trinajstić information content (AvgIpc) is 3.24. The second-order valence-corrected chi connectivity index (χ2v) is 6.04. The molecule has 0 bridgehead atoms. The summed E-state index contributed by atoms with van der Waals surface area (Å²) in [4.78, 5) is 22.9. The fraction of sp³-hybridized carbons (Fsp3) is 0.286. The summed E-state index contributed by atoms with van der Waals surface area (Å²) < 4.78 is 5.81. The van der Waals surface area contributed by atoms with Gasteiger partial charge in [-0.1, -0.05) is 17.3 Å². The second kappa shape index (κ2) is 4.92. The van der Waals surface area contributed by atoms with E-state index < -0.39 is 0 Å². The SMILES string of the molecule is O=C(c1nc2ccccc2s1)N1CCC(c2ncon2)C1. The first kappa shape index (κ1) is 12.5. The molecule has 106 valence electrons. The lowest BCUT2D eigenvalue weighted by Gasteiger charge is -2.13. The summed E-state index contributed by atoms with van der Waals surface area (Å²) in [5.74, 6) is 0.818. The number of likely N-dealkylation sites (tertiary alicyclic amines) is 1. The van der Waals surface area contributed by atoms with E-state index in [0.29, 0.717) is 23.9 Å². The van der Waals surface area contributed by atoms with E-state index in [1.807, 2.05) is 29.2 Å². The third-order valence-electron chi connectivity index (χ3n) is 3.70. The Labute approximate surface area is 124 Å². The highest BCUT2D eigenvalue weighted by Crippen LogP contribution is 2.28. The second-order valence-electron chi connectivity index (χ2n) is 5.01. The smallest absolute Gasteiger partial charge is 0.282 e. The van der Waals surface area contributed by atoms with Crippen molar-refractivity contribution in [1.82, 2.24) is 20.0 Å². The maximum atomic E-state index is 12.5. The highest BCUT2D eigenvalue weighted by Gasteiger charge is 2.31. The zero-order valence-electron chi connectivity index (χ0n) is 11.1. The minimum atomic E-state index is -0.0119. The lowest BCUT2D eigenvalue weighted by atomic mass is 10.1. The van der Waals surface area contributed by atoms with Crippen LogP contribution >= 0.6 is 11.3 Å². The Hall–Kier alpha value is -2.28. The number of hydrogen-bond donors (Lipinski definition) is 0. The summed E-state index contributed by atoms with van der Waals surface area (Å²) in [6.45, 7) is 1.32. The first-order valence-corrected chi connectivity index (χ1v) is 7.54. The van der Waals surface area contributed by atoms with E-state index in [2.05, 4.69) is 15.1 Å². The lowest BCUT2D eigenvalue weighted by Crippen LogP contribution is -2.28. The number of thiazole rings is 1. The van der Waals surface area contributed by atoms with Crippen LogP contribution in [0.2, 0.25) is 0 Å². The van der Waals surface area contributed by atoms with Gasteiger partial charge in [0.05, 0.1) is 10.2 Å². The van der Waals surface area contributed by atoms with Crippen LogP contribution in [0.15, 0.2) is 35.2 Å². The molecule has 4 rings (SSSR count). The molecule has 3 aromatic rings. The van der Waals surface area contributed by atoms with Crippen LogP contribution in [0.25, 0.3) is 10.2 Å². The Morgan fingerprint density at radius 3 is 3.10 bits per heavy atom. The van der Waals surface area contributed by atoms with Crippen molar-refractivity contribution < 1.29 is 9.32 Å². The number of para-hydroxylation sites is 1. The van der Waals surface area contributed by atoms with Crippen molar-refractivity contribution in [3.8, 4) is 0 Å². The molecular weight excluding hydrogens is 288 g/mol. The molecule has 21 heavy (non-hydrogen) atoms. The molecule has 7 heteroatoms. The molecule has 1 amide bonds. The molecule has 1 saturated heterocycles. The fourth-order valence-electron chi connectivity index (χ4n) is 2.61. The summed E-state index contributed by atoms with van der Waals surface area (Å²) in [7, 11) is 0. The van der Waals surface area contributed by atoms with Crippen molar-refractivity contribution in [2.75, 3.05) is 13.1 Å². The fourth-order valence-corrected chi connectivity index (χ4v) is 3.55. The minimum Gasteiger partial charge on any atom is -0.343 e. The standard InChI is InChI=1S/C14H12N4O2S/c19-14(13-16-10-3-1-2-4-11(10)21-13)18-6-5-9(7-18)12-15-8-20-17-12/h1-4,8-9H,5-7H2. The number of amides is 1. The molecule has 0 radical (unpaired) electrons. The molecule has 1 aliphatic rings. The van der Waals surface area contributed by atoms with Crippen LogP contribution in [-0.4, -0.2) is 39.0 Å². The molecule has 2 aromatic heterocycles. The number of carbonyl (C=O) groups is 1. The zero-order valence-corrected chi connectivity index (χ0v) is 11.9. The normalized spacial score (nSPS) is 18.5. The maximum Gasteiger partial charge on any atom is 0.282 e. The summed E-state index contributed by atoms with van der Waals surface area (Å²) in [6, 6.07) is 7.79. The van der Waals surface area contributed by atoms with E-state index in [0.717, 1.165) is 16.6 Å². The largest absolute Gasteiger partial charge is 0.343 e.